The average Bonchev–Trinajstić information content (AvgIpc) is 2.58. The smallest absolute Gasteiger partial charge is 0.127 e. The van der Waals surface area contributed by atoms with Gasteiger partial charge in [0, 0.05) is 37.1 Å². The Kier molecular flexibility index (Phi) is 5.59. The molecule has 1 fully saturated rings. The molecule has 0 unspecified atom stereocenters. The molecule has 1 aromatic carbocycles. The maximum Gasteiger partial charge on any atom is 0.127 e. The van der Waals surface area contributed by atoms with Crippen LogP contribution in [0, 0.1) is 12.7 Å². The molecule has 4 heteroatoms. The number of halogens is 1. The summed E-state index contributed by atoms with van der Waals surface area (Å²) in [7, 11) is 2.17. The SMILES string of the molecule is Cc1ccc(CN(Cc2cccnc2)C2CCN(C)CC2)c(F)c1. The first-order chi connectivity index (χ1) is 11.6. The van der Waals surface area contributed by atoms with Gasteiger partial charge in [0.05, 0.1) is 0 Å². The molecule has 0 aliphatic carbocycles. The number of aromatic nitrogens is 1. The number of hydrogen-bond donors (Lipinski definition) is 0. The highest BCUT2D eigenvalue weighted by Crippen LogP contribution is 2.22. The van der Waals surface area contributed by atoms with E-state index in [-0.39, 0.29) is 5.82 Å². The minimum Gasteiger partial charge on any atom is -0.306 e. The number of rotatable bonds is 5. The highest BCUT2D eigenvalue weighted by atomic mass is 19.1. The Morgan fingerprint density at radius 2 is 2.00 bits per heavy atom. The fraction of sp³-hybridized carbons (Fsp3) is 0.450. The minimum absolute atomic E-state index is 0.0980. The van der Waals surface area contributed by atoms with Crippen LogP contribution in [0.1, 0.15) is 29.5 Å². The van der Waals surface area contributed by atoms with Crippen molar-refractivity contribution in [1.82, 2.24) is 14.8 Å². The Balaban J connectivity index is 1.78. The summed E-state index contributed by atoms with van der Waals surface area (Å²) < 4.78 is 14.3. The molecule has 0 amide bonds. The van der Waals surface area contributed by atoms with Gasteiger partial charge >= 0.3 is 0 Å². The van der Waals surface area contributed by atoms with Gasteiger partial charge in [-0.05, 0) is 63.2 Å². The molecule has 0 spiro atoms. The quantitative estimate of drug-likeness (QED) is 0.836. The van der Waals surface area contributed by atoms with Crippen LogP contribution in [0.15, 0.2) is 42.7 Å². The van der Waals surface area contributed by atoms with Gasteiger partial charge in [-0.25, -0.2) is 4.39 Å². The van der Waals surface area contributed by atoms with E-state index in [4.69, 9.17) is 0 Å². The number of pyridine rings is 1. The van der Waals surface area contributed by atoms with E-state index in [0.29, 0.717) is 12.6 Å². The second kappa shape index (κ2) is 7.86. The summed E-state index contributed by atoms with van der Waals surface area (Å²) in [6.45, 7) is 5.59. The van der Waals surface area contributed by atoms with Crippen molar-refractivity contribution in [2.45, 2.75) is 38.9 Å². The fourth-order valence-corrected chi connectivity index (χ4v) is 3.40. The molecule has 0 bridgehead atoms. The van der Waals surface area contributed by atoms with Gasteiger partial charge in [-0.15, -0.1) is 0 Å². The van der Waals surface area contributed by atoms with Crippen LogP contribution < -0.4 is 0 Å². The Morgan fingerprint density at radius 3 is 2.67 bits per heavy atom. The average molecular weight is 327 g/mol. The Labute approximate surface area is 144 Å². The van der Waals surface area contributed by atoms with Gasteiger partial charge < -0.3 is 4.90 Å². The van der Waals surface area contributed by atoms with Crippen molar-refractivity contribution in [2.75, 3.05) is 20.1 Å². The van der Waals surface area contributed by atoms with Crippen molar-refractivity contribution < 1.29 is 4.39 Å². The lowest BCUT2D eigenvalue weighted by atomic mass is 10.0. The largest absolute Gasteiger partial charge is 0.306 e. The summed E-state index contributed by atoms with van der Waals surface area (Å²) >= 11 is 0. The molecule has 0 radical (unpaired) electrons. The minimum atomic E-state index is -0.0980. The lowest BCUT2D eigenvalue weighted by Gasteiger charge is -2.37. The van der Waals surface area contributed by atoms with Crippen LogP contribution in [0.25, 0.3) is 0 Å². The van der Waals surface area contributed by atoms with Gasteiger partial charge in [0.2, 0.25) is 0 Å². The molecule has 0 atom stereocenters. The van der Waals surface area contributed by atoms with Crippen molar-refractivity contribution in [1.29, 1.82) is 0 Å². The predicted octanol–water partition coefficient (Wildman–Crippen LogP) is 3.63. The number of likely N-dealkylation sites (tertiary alicyclic amines) is 1. The van der Waals surface area contributed by atoms with Crippen LogP contribution in [0.5, 0.6) is 0 Å². The lowest BCUT2D eigenvalue weighted by molar-refractivity contribution is 0.107. The van der Waals surface area contributed by atoms with E-state index in [1.807, 2.05) is 31.3 Å². The molecule has 24 heavy (non-hydrogen) atoms. The Morgan fingerprint density at radius 1 is 1.21 bits per heavy atom. The molecule has 128 valence electrons. The highest BCUT2D eigenvalue weighted by Gasteiger charge is 2.24. The van der Waals surface area contributed by atoms with Crippen molar-refractivity contribution in [2.24, 2.45) is 0 Å². The Hall–Kier alpha value is -1.78. The summed E-state index contributed by atoms with van der Waals surface area (Å²) in [6.07, 6.45) is 5.96. The maximum atomic E-state index is 14.3. The number of aryl methyl sites for hydroxylation is 1. The number of hydrogen-bond acceptors (Lipinski definition) is 3. The molecule has 1 aliphatic heterocycles. The van der Waals surface area contributed by atoms with E-state index in [1.165, 1.54) is 5.56 Å². The normalized spacial score (nSPS) is 16.7. The van der Waals surface area contributed by atoms with Crippen LogP contribution in [-0.4, -0.2) is 41.0 Å². The molecule has 2 aromatic rings. The van der Waals surface area contributed by atoms with Crippen molar-refractivity contribution in [3.63, 3.8) is 0 Å². The topological polar surface area (TPSA) is 19.4 Å². The zero-order valence-electron chi connectivity index (χ0n) is 14.6. The van der Waals surface area contributed by atoms with Gasteiger partial charge in [-0.3, -0.25) is 9.88 Å². The number of benzene rings is 1. The van der Waals surface area contributed by atoms with Gasteiger partial charge in [-0.1, -0.05) is 18.2 Å². The standard InChI is InChI=1S/C20H26FN3/c1-16-5-6-18(20(21)12-16)15-24(14-17-4-3-9-22-13-17)19-7-10-23(2)11-8-19/h3-6,9,12-13,19H,7-8,10-11,14-15H2,1-2H3. The zero-order chi connectivity index (χ0) is 16.9. The van der Waals surface area contributed by atoms with Crippen LogP contribution >= 0.6 is 0 Å². The number of nitrogens with zero attached hydrogens (tertiary/aromatic N) is 3. The van der Waals surface area contributed by atoms with Gasteiger partial charge in [-0.2, -0.15) is 0 Å². The third kappa shape index (κ3) is 4.40. The fourth-order valence-electron chi connectivity index (χ4n) is 3.40. The van der Waals surface area contributed by atoms with E-state index in [2.05, 4.69) is 27.9 Å². The monoisotopic (exact) mass is 327 g/mol. The summed E-state index contributed by atoms with van der Waals surface area (Å²) in [6, 6.07) is 10.1. The third-order valence-electron chi connectivity index (χ3n) is 4.89. The van der Waals surface area contributed by atoms with Crippen molar-refractivity contribution in [3.8, 4) is 0 Å². The van der Waals surface area contributed by atoms with E-state index in [0.717, 1.165) is 43.6 Å². The second-order valence-electron chi connectivity index (χ2n) is 6.90. The summed E-state index contributed by atoms with van der Waals surface area (Å²) in [5, 5.41) is 0. The van der Waals surface area contributed by atoms with Crippen LogP contribution in [-0.2, 0) is 13.1 Å². The first-order valence-electron chi connectivity index (χ1n) is 8.68. The summed E-state index contributed by atoms with van der Waals surface area (Å²) in [5.41, 5.74) is 2.93. The van der Waals surface area contributed by atoms with Crippen molar-refractivity contribution >= 4 is 0 Å². The Bertz CT molecular complexity index is 651. The van der Waals surface area contributed by atoms with Crippen LogP contribution in [0.4, 0.5) is 4.39 Å². The molecule has 3 nitrogen and oxygen atoms in total. The summed E-state index contributed by atoms with van der Waals surface area (Å²) in [4.78, 5) is 9.00. The van der Waals surface area contributed by atoms with Gasteiger partial charge in [0.15, 0.2) is 0 Å². The maximum absolute atomic E-state index is 14.3. The zero-order valence-corrected chi connectivity index (χ0v) is 14.6. The second-order valence-corrected chi connectivity index (χ2v) is 6.90. The predicted molar refractivity (Wildman–Crippen MR) is 95.1 cm³/mol. The van der Waals surface area contributed by atoms with E-state index in [9.17, 15) is 4.39 Å². The molecular formula is C20H26FN3. The molecule has 1 aliphatic rings. The molecule has 1 saturated heterocycles. The molecule has 3 rings (SSSR count). The molecular weight excluding hydrogens is 301 g/mol. The van der Waals surface area contributed by atoms with E-state index >= 15 is 0 Å². The first kappa shape index (κ1) is 17.1. The van der Waals surface area contributed by atoms with E-state index in [1.54, 1.807) is 12.3 Å². The third-order valence-corrected chi connectivity index (χ3v) is 4.89. The van der Waals surface area contributed by atoms with Crippen LogP contribution in [0.3, 0.4) is 0 Å². The van der Waals surface area contributed by atoms with Gasteiger partial charge in [0.25, 0.3) is 0 Å². The molecule has 0 N–H and O–H groups in total. The molecule has 2 heterocycles. The van der Waals surface area contributed by atoms with Crippen molar-refractivity contribution in [3.05, 3.63) is 65.2 Å². The molecule has 0 saturated carbocycles. The molecule has 1 aromatic heterocycles. The first-order valence-corrected chi connectivity index (χ1v) is 8.68. The van der Waals surface area contributed by atoms with Crippen LogP contribution in [0.2, 0.25) is 0 Å². The van der Waals surface area contributed by atoms with E-state index < -0.39 is 0 Å². The van der Waals surface area contributed by atoms with Gasteiger partial charge in [0.1, 0.15) is 5.82 Å². The highest BCUT2D eigenvalue weighted by molar-refractivity contribution is 5.23. The number of piperidine rings is 1. The lowest BCUT2D eigenvalue weighted by Crippen LogP contribution is -2.43. The summed E-state index contributed by atoms with van der Waals surface area (Å²) in [5.74, 6) is -0.0980.